The third kappa shape index (κ3) is 2.93. The molecule has 1 aliphatic rings. The van der Waals surface area contributed by atoms with Crippen molar-refractivity contribution in [1.82, 2.24) is 19.5 Å². The molecule has 0 aromatic carbocycles. The average Bonchev–Trinajstić information content (AvgIpc) is 2.96. The molecule has 4 atom stereocenters. The van der Waals surface area contributed by atoms with Crippen LogP contribution in [0.5, 0.6) is 0 Å². The van der Waals surface area contributed by atoms with E-state index >= 15 is 0 Å². The normalized spacial score (nSPS) is 27.8. The monoisotopic (exact) mass is 364 g/mol. The molecule has 3 heterocycles. The fourth-order valence-corrected chi connectivity index (χ4v) is 2.78. The van der Waals surface area contributed by atoms with E-state index in [2.05, 4.69) is 19.5 Å². The minimum Gasteiger partial charge on any atom is -0.387 e. The molecule has 0 spiro atoms. The predicted molar refractivity (Wildman–Crippen MR) is 74.9 cm³/mol. The largest absolute Gasteiger partial charge is 0.469 e. The van der Waals surface area contributed by atoms with Crippen LogP contribution in [0.4, 0.5) is 0 Å². The predicted octanol–water partition coefficient (Wildman–Crippen LogP) is -2.86. The van der Waals surface area contributed by atoms with E-state index in [4.69, 9.17) is 14.5 Å². The van der Waals surface area contributed by atoms with Crippen molar-refractivity contribution < 1.29 is 33.8 Å². The third-order valence-electron chi connectivity index (χ3n) is 3.51. The summed E-state index contributed by atoms with van der Waals surface area (Å²) in [5.41, 5.74) is -1.70. The highest BCUT2D eigenvalue weighted by molar-refractivity contribution is 7.46. The Kier molecular flexibility index (Phi) is 4.17. The number of H-pyrrole nitrogens is 2. The van der Waals surface area contributed by atoms with Crippen molar-refractivity contribution in [2.24, 2.45) is 0 Å². The lowest BCUT2D eigenvalue weighted by molar-refractivity contribution is -0.0517. The lowest BCUT2D eigenvalue weighted by Crippen LogP contribution is -2.35. The second kappa shape index (κ2) is 5.89. The number of hydrogen-bond donors (Lipinski definition) is 6. The molecule has 2 aromatic heterocycles. The van der Waals surface area contributed by atoms with E-state index in [1.165, 1.54) is 0 Å². The number of fused-ring (bicyclic) bond motifs is 1. The summed E-state index contributed by atoms with van der Waals surface area (Å²) in [6.45, 7) is -0.718. The highest BCUT2D eigenvalue weighted by Gasteiger charge is 2.45. The summed E-state index contributed by atoms with van der Waals surface area (Å²) >= 11 is 0. The molecule has 0 radical (unpaired) electrons. The van der Waals surface area contributed by atoms with Crippen molar-refractivity contribution in [1.29, 1.82) is 0 Å². The first kappa shape index (κ1) is 17.0. The van der Waals surface area contributed by atoms with Crippen LogP contribution in [0.1, 0.15) is 6.23 Å². The summed E-state index contributed by atoms with van der Waals surface area (Å²) in [5, 5.41) is 20.0. The van der Waals surface area contributed by atoms with Gasteiger partial charge in [0.2, 0.25) is 0 Å². The molecular formula is C10H13N4O9P. The van der Waals surface area contributed by atoms with E-state index in [9.17, 15) is 24.4 Å². The second-order valence-electron chi connectivity index (χ2n) is 5.06. The lowest BCUT2D eigenvalue weighted by atomic mass is 10.1. The molecule has 14 heteroatoms. The number of nitrogens with zero attached hydrogens (tertiary/aromatic N) is 2. The summed E-state index contributed by atoms with van der Waals surface area (Å²) in [6, 6.07) is 0. The van der Waals surface area contributed by atoms with Gasteiger partial charge in [0, 0.05) is 0 Å². The maximum Gasteiger partial charge on any atom is 0.469 e. The Morgan fingerprint density at radius 2 is 2.04 bits per heavy atom. The first-order valence-corrected chi connectivity index (χ1v) is 8.11. The highest BCUT2D eigenvalue weighted by Crippen LogP contribution is 2.38. The number of aliphatic hydroxyl groups is 2. The molecule has 2 aromatic rings. The number of phosphoric ester groups is 1. The number of imidazole rings is 1. The number of aliphatic hydroxyl groups excluding tert-OH is 2. The molecule has 0 bridgehead atoms. The van der Waals surface area contributed by atoms with Crippen molar-refractivity contribution >= 4 is 19.0 Å². The standard InChI is InChI=1S/C10H13N4O9P/c15-5-3(1-22-24(19,20)21)23-9(6(5)16)14-7-4(13-10(14)18)8(17)12-2-11-7/h2-3,5-6,9,15-16H,1H2,(H,13,18)(H,11,12,17)(H2,19,20,21). The fraction of sp³-hybridized carbons (Fsp3) is 0.500. The minimum absolute atomic E-state index is 0.114. The Morgan fingerprint density at radius 1 is 1.33 bits per heavy atom. The van der Waals surface area contributed by atoms with Crippen LogP contribution in [0.15, 0.2) is 15.9 Å². The van der Waals surface area contributed by atoms with Gasteiger partial charge < -0.3 is 29.7 Å². The van der Waals surface area contributed by atoms with Gasteiger partial charge in [-0.3, -0.25) is 14.3 Å². The zero-order valence-electron chi connectivity index (χ0n) is 11.8. The first-order chi connectivity index (χ1) is 11.2. The van der Waals surface area contributed by atoms with E-state index in [-0.39, 0.29) is 11.2 Å². The van der Waals surface area contributed by atoms with E-state index in [0.29, 0.717) is 0 Å². The topological polar surface area (TPSA) is 200 Å². The molecule has 3 rings (SSSR count). The van der Waals surface area contributed by atoms with Gasteiger partial charge in [-0.2, -0.15) is 0 Å². The van der Waals surface area contributed by atoms with Crippen LogP contribution in [-0.2, 0) is 13.8 Å². The van der Waals surface area contributed by atoms with Gasteiger partial charge in [-0.1, -0.05) is 0 Å². The Bertz CT molecular complexity index is 913. The summed E-state index contributed by atoms with van der Waals surface area (Å²) in [5.74, 6) is 0. The molecule has 6 N–H and O–H groups in total. The van der Waals surface area contributed by atoms with E-state index in [0.717, 1.165) is 10.9 Å². The summed E-state index contributed by atoms with van der Waals surface area (Å²) < 4.78 is 21.1. The Hall–Kier alpha value is -1.86. The molecule has 132 valence electrons. The number of rotatable bonds is 4. The summed E-state index contributed by atoms with van der Waals surface area (Å²) in [4.78, 5) is 49.4. The van der Waals surface area contributed by atoms with E-state index in [1.54, 1.807) is 0 Å². The van der Waals surface area contributed by atoms with Gasteiger partial charge >= 0.3 is 13.5 Å². The first-order valence-electron chi connectivity index (χ1n) is 6.58. The Labute approximate surface area is 131 Å². The van der Waals surface area contributed by atoms with Crippen LogP contribution in [0.3, 0.4) is 0 Å². The van der Waals surface area contributed by atoms with E-state index < -0.39 is 50.2 Å². The molecule has 4 unspecified atom stereocenters. The van der Waals surface area contributed by atoms with Crippen molar-refractivity contribution in [2.45, 2.75) is 24.5 Å². The third-order valence-corrected chi connectivity index (χ3v) is 4.00. The van der Waals surface area contributed by atoms with Crippen LogP contribution >= 0.6 is 7.82 Å². The number of phosphoric acid groups is 1. The van der Waals surface area contributed by atoms with Crippen LogP contribution in [-0.4, -0.2) is 64.4 Å². The highest BCUT2D eigenvalue weighted by atomic mass is 31.2. The molecule has 0 amide bonds. The zero-order chi connectivity index (χ0) is 17.6. The van der Waals surface area contributed by atoms with Gasteiger partial charge in [0.05, 0.1) is 12.9 Å². The molecule has 1 saturated heterocycles. The van der Waals surface area contributed by atoms with Gasteiger partial charge in [-0.15, -0.1) is 0 Å². The summed E-state index contributed by atoms with van der Waals surface area (Å²) in [7, 11) is -4.80. The van der Waals surface area contributed by atoms with Gasteiger partial charge in [0.25, 0.3) is 5.56 Å². The SMILES string of the molecule is O=c1[nH]cnc2c1[nH]c(=O)n2C1OC(COP(=O)(O)O)C(O)C1O. The van der Waals surface area contributed by atoms with Gasteiger partial charge in [0.15, 0.2) is 17.4 Å². The van der Waals surface area contributed by atoms with Crippen molar-refractivity contribution in [3.63, 3.8) is 0 Å². The van der Waals surface area contributed by atoms with Crippen LogP contribution < -0.4 is 11.2 Å². The molecule has 24 heavy (non-hydrogen) atoms. The number of ether oxygens (including phenoxy) is 1. The molecule has 0 saturated carbocycles. The van der Waals surface area contributed by atoms with Crippen molar-refractivity contribution in [3.05, 3.63) is 27.2 Å². The number of aromatic amines is 2. The number of nitrogens with one attached hydrogen (secondary N) is 2. The quantitative estimate of drug-likeness (QED) is 0.307. The van der Waals surface area contributed by atoms with Gasteiger partial charge in [0.1, 0.15) is 18.3 Å². The molecular weight excluding hydrogens is 351 g/mol. The average molecular weight is 364 g/mol. The van der Waals surface area contributed by atoms with Crippen molar-refractivity contribution in [2.75, 3.05) is 6.61 Å². The summed E-state index contributed by atoms with van der Waals surface area (Å²) in [6.07, 6.45) is -4.90. The Morgan fingerprint density at radius 3 is 2.71 bits per heavy atom. The molecule has 1 aliphatic heterocycles. The molecule has 0 aliphatic carbocycles. The zero-order valence-corrected chi connectivity index (χ0v) is 12.7. The smallest absolute Gasteiger partial charge is 0.387 e. The van der Waals surface area contributed by atoms with E-state index in [1.807, 2.05) is 0 Å². The van der Waals surface area contributed by atoms with Crippen LogP contribution in [0, 0.1) is 0 Å². The number of hydrogen-bond acceptors (Lipinski definition) is 8. The van der Waals surface area contributed by atoms with Crippen LogP contribution in [0.2, 0.25) is 0 Å². The number of aromatic nitrogens is 4. The Balaban J connectivity index is 1.95. The maximum absolute atomic E-state index is 12.0. The molecule has 1 fully saturated rings. The maximum atomic E-state index is 12.0. The lowest BCUT2D eigenvalue weighted by Gasteiger charge is -2.15. The molecule has 13 nitrogen and oxygen atoms in total. The van der Waals surface area contributed by atoms with Gasteiger partial charge in [-0.05, 0) is 0 Å². The fourth-order valence-electron chi connectivity index (χ4n) is 2.44. The minimum atomic E-state index is -4.80. The van der Waals surface area contributed by atoms with Crippen molar-refractivity contribution in [3.8, 4) is 0 Å². The van der Waals surface area contributed by atoms with Gasteiger partial charge in [-0.25, -0.2) is 18.9 Å². The second-order valence-corrected chi connectivity index (χ2v) is 6.30. The van der Waals surface area contributed by atoms with Crippen LogP contribution in [0.25, 0.3) is 11.2 Å².